The minimum absolute atomic E-state index is 0.0661. The van der Waals surface area contributed by atoms with E-state index in [4.69, 9.17) is 10.5 Å². The topological polar surface area (TPSA) is 114 Å². The van der Waals surface area contributed by atoms with Crippen molar-refractivity contribution in [3.05, 3.63) is 89.0 Å². The summed E-state index contributed by atoms with van der Waals surface area (Å²) in [5.41, 5.74) is 8.89. The van der Waals surface area contributed by atoms with Gasteiger partial charge in [-0.1, -0.05) is 42.5 Å². The largest absolute Gasteiger partial charge is 0.493 e. The lowest BCUT2D eigenvalue weighted by Crippen LogP contribution is -2.39. The molecule has 2 aliphatic heterocycles. The molecule has 180 valence electrons. The van der Waals surface area contributed by atoms with Crippen LogP contribution in [-0.4, -0.2) is 44.2 Å². The van der Waals surface area contributed by atoms with E-state index in [1.54, 1.807) is 30.3 Å². The minimum atomic E-state index is -4.17. The van der Waals surface area contributed by atoms with Crippen LogP contribution in [0.2, 0.25) is 0 Å². The predicted molar refractivity (Wildman–Crippen MR) is 134 cm³/mol. The van der Waals surface area contributed by atoms with Crippen molar-refractivity contribution in [1.82, 2.24) is 4.31 Å². The van der Waals surface area contributed by atoms with E-state index in [9.17, 15) is 13.2 Å². The minimum Gasteiger partial charge on any atom is -0.493 e. The third kappa shape index (κ3) is 4.01. The molecule has 0 fully saturated rings. The molecule has 3 aromatic carbocycles. The van der Waals surface area contributed by atoms with Crippen LogP contribution in [-0.2, 0) is 16.4 Å². The zero-order chi connectivity index (χ0) is 24.6. The van der Waals surface area contributed by atoms with E-state index in [-0.39, 0.29) is 23.0 Å². The Morgan fingerprint density at radius 2 is 1.86 bits per heavy atom. The molecular weight excluding hydrogens is 464 g/mol. The number of hydrogen-bond acceptors (Lipinski definition) is 7. The number of carbonyl (C=O) groups is 1. The van der Waals surface area contributed by atoms with Gasteiger partial charge in [0.25, 0.3) is 10.0 Å². The molecule has 5 rings (SSSR count). The summed E-state index contributed by atoms with van der Waals surface area (Å²) < 4.78 is 34.7. The van der Waals surface area contributed by atoms with Crippen LogP contribution >= 0.6 is 0 Å². The Balaban J connectivity index is 1.60. The summed E-state index contributed by atoms with van der Waals surface area (Å²) >= 11 is 0. The predicted octanol–water partition coefficient (Wildman–Crippen LogP) is 3.34. The van der Waals surface area contributed by atoms with Crippen molar-refractivity contribution in [1.29, 1.82) is 0 Å². The quantitative estimate of drug-likeness (QED) is 0.491. The number of ketones is 1. The fourth-order valence-corrected chi connectivity index (χ4v) is 6.20. The van der Waals surface area contributed by atoms with Gasteiger partial charge in [0.05, 0.1) is 29.7 Å². The van der Waals surface area contributed by atoms with Crippen LogP contribution < -0.4 is 15.8 Å². The third-order valence-corrected chi connectivity index (χ3v) is 8.07. The molecule has 1 atom stereocenters. The molecule has 0 saturated heterocycles. The van der Waals surface area contributed by atoms with Crippen molar-refractivity contribution >= 4 is 27.5 Å². The Morgan fingerprint density at radius 3 is 2.63 bits per heavy atom. The van der Waals surface area contributed by atoms with E-state index < -0.39 is 21.8 Å². The SMILES string of the molecule is CCOc1ccccc1C(=O)c1c(S(=O)(=O)N2C[C@H](c3ccccc3)N=C2N)ccc2c1CCN2. The van der Waals surface area contributed by atoms with Crippen LogP contribution in [0.15, 0.2) is 76.6 Å². The Morgan fingerprint density at radius 1 is 1.11 bits per heavy atom. The lowest BCUT2D eigenvalue weighted by molar-refractivity contribution is 0.103. The first-order valence-electron chi connectivity index (χ1n) is 11.5. The average Bonchev–Trinajstić information content (AvgIpc) is 3.51. The summed E-state index contributed by atoms with van der Waals surface area (Å²) in [6.07, 6.45) is 0.535. The third-order valence-electron chi connectivity index (χ3n) is 6.26. The maximum absolute atomic E-state index is 14.0. The maximum atomic E-state index is 14.0. The van der Waals surface area contributed by atoms with Crippen LogP contribution in [0.5, 0.6) is 5.75 Å². The highest BCUT2D eigenvalue weighted by Gasteiger charge is 2.38. The van der Waals surface area contributed by atoms with Gasteiger partial charge in [-0.15, -0.1) is 0 Å². The summed E-state index contributed by atoms with van der Waals surface area (Å²) in [5.74, 6) is -0.0774. The summed E-state index contributed by atoms with van der Waals surface area (Å²) in [6, 6.07) is 19.1. The van der Waals surface area contributed by atoms with Crippen molar-refractivity contribution < 1.29 is 17.9 Å². The average molecular weight is 491 g/mol. The number of benzene rings is 3. The standard InChI is InChI=1S/C26H26N4O4S/c1-2-34-22-11-7-6-10-19(22)25(31)24-18-14-15-28-20(18)12-13-23(24)35(32,33)30-16-21(29-26(30)27)17-8-4-3-5-9-17/h3-13,21,28H,2,14-16H2,1H3,(H2,27,29)/t21-/m1/s1. The first-order valence-corrected chi connectivity index (χ1v) is 12.9. The number of anilines is 1. The molecule has 8 nitrogen and oxygen atoms in total. The van der Waals surface area contributed by atoms with E-state index >= 15 is 0 Å². The van der Waals surface area contributed by atoms with Gasteiger partial charge in [-0.2, -0.15) is 0 Å². The number of nitrogens with zero attached hydrogens (tertiary/aromatic N) is 2. The van der Waals surface area contributed by atoms with Gasteiger partial charge in [0.15, 0.2) is 5.78 Å². The number of hydrogen-bond donors (Lipinski definition) is 2. The summed E-state index contributed by atoms with van der Waals surface area (Å²) in [6.45, 7) is 2.90. The highest BCUT2D eigenvalue weighted by atomic mass is 32.2. The molecule has 3 N–H and O–H groups in total. The Bertz CT molecular complexity index is 1420. The van der Waals surface area contributed by atoms with Crippen LogP contribution in [0.25, 0.3) is 0 Å². The number of nitrogens with one attached hydrogen (secondary N) is 1. The van der Waals surface area contributed by atoms with E-state index in [0.717, 1.165) is 15.6 Å². The van der Waals surface area contributed by atoms with Crippen LogP contribution in [0.3, 0.4) is 0 Å². The number of guanidine groups is 1. The van der Waals surface area contributed by atoms with Crippen molar-refractivity contribution in [2.24, 2.45) is 10.7 Å². The molecule has 9 heteroatoms. The zero-order valence-electron chi connectivity index (χ0n) is 19.3. The van der Waals surface area contributed by atoms with E-state index in [2.05, 4.69) is 10.3 Å². The fourth-order valence-electron chi connectivity index (χ4n) is 4.62. The molecule has 3 aromatic rings. The second kappa shape index (κ2) is 9.07. The van der Waals surface area contributed by atoms with Crippen LogP contribution in [0.4, 0.5) is 5.69 Å². The van der Waals surface area contributed by atoms with Crippen molar-refractivity contribution in [3.8, 4) is 5.75 Å². The molecule has 0 unspecified atom stereocenters. The number of fused-ring (bicyclic) bond motifs is 1. The highest BCUT2D eigenvalue weighted by molar-refractivity contribution is 7.89. The molecule has 0 bridgehead atoms. The molecule has 2 aliphatic rings. The summed E-state index contributed by atoms with van der Waals surface area (Å²) in [7, 11) is -4.17. The van der Waals surface area contributed by atoms with Crippen LogP contribution in [0.1, 0.15) is 40.0 Å². The highest BCUT2D eigenvalue weighted by Crippen LogP contribution is 2.37. The smallest absolute Gasteiger partial charge is 0.267 e. The van der Waals surface area contributed by atoms with Crippen molar-refractivity contribution in [2.75, 3.05) is 25.0 Å². The molecular formula is C26H26N4O4S. The van der Waals surface area contributed by atoms with Gasteiger partial charge >= 0.3 is 0 Å². The van der Waals surface area contributed by atoms with Gasteiger partial charge in [-0.05, 0) is 48.7 Å². The zero-order valence-corrected chi connectivity index (χ0v) is 20.1. The van der Waals surface area contributed by atoms with Gasteiger partial charge in [0.2, 0.25) is 5.96 Å². The lowest BCUT2D eigenvalue weighted by atomic mass is 9.96. The monoisotopic (exact) mass is 490 g/mol. The Labute approximate surface area is 204 Å². The van der Waals surface area contributed by atoms with E-state index in [1.165, 1.54) is 6.07 Å². The number of rotatable bonds is 7. The van der Waals surface area contributed by atoms with Crippen LogP contribution in [0, 0.1) is 0 Å². The molecule has 2 heterocycles. The number of sulfonamides is 1. The summed E-state index contributed by atoms with van der Waals surface area (Å²) in [5, 5.41) is 3.23. The first-order chi connectivity index (χ1) is 16.9. The normalized spacial score (nSPS) is 17.0. The van der Waals surface area contributed by atoms with Gasteiger partial charge < -0.3 is 15.8 Å². The maximum Gasteiger partial charge on any atom is 0.267 e. The second-order valence-electron chi connectivity index (χ2n) is 8.35. The van der Waals surface area contributed by atoms with Crippen molar-refractivity contribution in [2.45, 2.75) is 24.3 Å². The van der Waals surface area contributed by atoms with Gasteiger partial charge in [0.1, 0.15) is 5.75 Å². The van der Waals surface area contributed by atoms with Crippen molar-refractivity contribution in [3.63, 3.8) is 0 Å². The molecule has 0 aromatic heterocycles. The number of ether oxygens (including phenoxy) is 1. The fraction of sp³-hybridized carbons (Fsp3) is 0.231. The second-order valence-corrected chi connectivity index (χ2v) is 10.2. The number of aliphatic imine (C=N–C) groups is 1. The molecule has 35 heavy (non-hydrogen) atoms. The van der Waals surface area contributed by atoms with Gasteiger partial charge in [0, 0.05) is 17.8 Å². The lowest BCUT2D eigenvalue weighted by Gasteiger charge is -2.22. The number of nitrogens with two attached hydrogens (primary N) is 1. The van der Waals surface area contributed by atoms with Gasteiger partial charge in [-0.3, -0.25) is 4.79 Å². The Kier molecular flexibility index (Phi) is 5.94. The number of para-hydroxylation sites is 1. The number of carbonyl (C=O) groups excluding carboxylic acids is 1. The summed E-state index contributed by atoms with van der Waals surface area (Å²) in [4.78, 5) is 18.2. The van der Waals surface area contributed by atoms with E-state index in [1.807, 2.05) is 37.3 Å². The van der Waals surface area contributed by atoms with E-state index in [0.29, 0.717) is 36.4 Å². The molecule has 0 amide bonds. The first kappa shape index (κ1) is 22.9. The molecule has 0 saturated carbocycles. The molecule has 0 aliphatic carbocycles. The van der Waals surface area contributed by atoms with Gasteiger partial charge in [-0.25, -0.2) is 17.7 Å². The molecule has 0 spiro atoms. The molecule has 0 radical (unpaired) electrons. The Hall–Kier alpha value is -3.85.